The number of likely N-dealkylation sites (N-methyl/N-ethyl adjacent to an activating group) is 1. The topological polar surface area (TPSA) is 51.3 Å². The van der Waals surface area contributed by atoms with Crippen LogP contribution in [0.3, 0.4) is 0 Å². The van der Waals surface area contributed by atoms with Crippen LogP contribution in [0, 0.1) is 0 Å². The quantitative estimate of drug-likeness (QED) is 0.316. The van der Waals surface area contributed by atoms with E-state index in [1.54, 1.807) is 11.3 Å². The summed E-state index contributed by atoms with van der Waals surface area (Å²) in [6.07, 6.45) is 10.5. The molecule has 4 heterocycles. The Morgan fingerprint density at radius 2 is 1.54 bits per heavy atom. The van der Waals surface area contributed by atoms with Crippen LogP contribution in [0.2, 0.25) is 0 Å². The molecule has 3 aliphatic rings. The SMILES string of the molecule is CN1CCN(CCCOc2ccc(-c3ccc(NC(=O)CCCCN4CCC(N5CCCCC5)CC4)s3)cc2)CC1. The van der Waals surface area contributed by atoms with Gasteiger partial charge in [-0.2, -0.15) is 0 Å². The second-order valence-corrected chi connectivity index (χ2v) is 13.3. The predicted octanol–water partition coefficient (Wildman–Crippen LogP) is 5.49. The van der Waals surface area contributed by atoms with E-state index in [2.05, 4.69) is 62.3 Å². The van der Waals surface area contributed by atoms with Crippen LogP contribution in [0.15, 0.2) is 36.4 Å². The van der Waals surface area contributed by atoms with Crippen LogP contribution in [-0.2, 0) is 4.79 Å². The monoisotopic (exact) mass is 581 g/mol. The van der Waals surface area contributed by atoms with Crippen molar-refractivity contribution in [2.45, 2.75) is 63.8 Å². The Bertz CT molecular complexity index is 1040. The third kappa shape index (κ3) is 9.79. The number of amides is 1. The lowest BCUT2D eigenvalue weighted by Crippen LogP contribution is -2.46. The van der Waals surface area contributed by atoms with Crippen LogP contribution in [0.5, 0.6) is 5.75 Å². The van der Waals surface area contributed by atoms with E-state index in [1.807, 2.05) is 6.07 Å². The van der Waals surface area contributed by atoms with Crippen molar-refractivity contribution < 1.29 is 9.53 Å². The Kier molecular flexibility index (Phi) is 11.9. The number of likely N-dealkylation sites (tertiary alicyclic amines) is 2. The second kappa shape index (κ2) is 16.0. The maximum absolute atomic E-state index is 12.6. The standard InChI is InChI=1S/C33H51N5O2S/c1-35-23-25-37(26-24-35)18-7-27-40-30-11-9-28(10-12-30)31-13-14-33(41-31)34-32(39)8-3-6-17-36-21-15-29(16-22-36)38-19-4-2-5-20-38/h9-14,29H,2-8,15-27H2,1H3,(H,34,39). The summed E-state index contributed by atoms with van der Waals surface area (Å²) in [5.74, 6) is 1.05. The first-order chi connectivity index (χ1) is 20.1. The summed E-state index contributed by atoms with van der Waals surface area (Å²) < 4.78 is 5.99. The van der Waals surface area contributed by atoms with Gasteiger partial charge in [0, 0.05) is 50.1 Å². The molecular weight excluding hydrogens is 530 g/mol. The summed E-state index contributed by atoms with van der Waals surface area (Å²) in [4.78, 5) is 24.0. The second-order valence-electron chi connectivity index (χ2n) is 12.2. The Morgan fingerprint density at radius 1 is 0.829 bits per heavy atom. The van der Waals surface area contributed by atoms with Gasteiger partial charge in [0.25, 0.3) is 0 Å². The molecule has 0 spiro atoms. The summed E-state index contributed by atoms with van der Waals surface area (Å²) >= 11 is 1.64. The van der Waals surface area contributed by atoms with Crippen LogP contribution < -0.4 is 10.1 Å². The summed E-state index contributed by atoms with van der Waals surface area (Å²) in [6.45, 7) is 12.7. The van der Waals surface area contributed by atoms with E-state index in [-0.39, 0.29) is 5.91 Å². The molecule has 1 amide bonds. The molecule has 2 aromatic rings. The molecule has 8 heteroatoms. The first-order valence-electron chi connectivity index (χ1n) is 16.1. The summed E-state index contributed by atoms with van der Waals surface area (Å²) in [5, 5.41) is 4.04. The Balaban J connectivity index is 0.939. The number of hydrogen-bond donors (Lipinski definition) is 1. The molecule has 1 N–H and O–H groups in total. The van der Waals surface area contributed by atoms with E-state index in [1.165, 1.54) is 58.3 Å². The largest absolute Gasteiger partial charge is 0.494 e. The first kappa shape index (κ1) is 30.5. The third-order valence-electron chi connectivity index (χ3n) is 9.08. The third-order valence-corrected chi connectivity index (χ3v) is 10.1. The molecule has 0 aliphatic carbocycles. The van der Waals surface area contributed by atoms with Gasteiger partial charge in [0.05, 0.1) is 11.6 Å². The number of anilines is 1. The molecule has 1 aromatic heterocycles. The van der Waals surface area contributed by atoms with Crippen molar-refractivity contribution in [1.82, 2.24) is 19.6 Å². The smallest absolute Gasteiger partial charge is 0.224 e. The number of piperidine rings is 2. The van der Waals surface area contributed by atoms with Crippen LogP contribution in [0.1, 0.15) is 57.8 Å². The number of piperazine rings is 1. The molecule has 1 aromatic carbocycles. The van der Waals surface area contributed by atoms with Gasteiger partial charge in [-0.1, -0.05) is 6.42 Å². The molecule has 0 bridgehead atoms. The van der Waals surface area contributed by atoms with E-state index >= 15 is 0 Å². The number of carbonyl (C=O) groups excluding carboxylic acids is 1. The Hall–Kier alpha value is -1.97. The van der Waals surface area contributed by atoms with Crippen molar-refractivity contribution in [3.63, 3.8) is 0 Å². The lowest BCUT2D eigenvalue weighted by molar-refractivity contribution is -0.116. The first-order valence-corrected chi connectivity index (χ1v) is 16.9. The highest BCUT2D eigenvalue weighted by Gasteiger charge is 2.25. The summed E-state index contributed by atoms with van der Waals surface area (Å²) in [6, 6.07) is 13.3. The number of carbonyl (C=O) groups is 1. The maximum atomic E-state index is 12.6. The molecule has 41 heavy (non-hydrogen) atoms. The van der Waals surface area contributed by atoms with Crippen molar-refractivity contribution in [1.29, 1.82) is 0 Å². The zero-order valence-electron chi connectivity index (χ0n) is 25.2. The maximum Gasteiger partial charge on any atom is 0.224 e. The molecular formula is C33H51N5O2S. The molecule has 0 radical (unpaired) electrons. The highest BCUT2D eigenvalue weighted by Crippen LogP contribution is 2.32. The zero-order valence-corrected chi connectivity index (χ0v) is 26.0. The summed E-state index contributed by atoms with van der Waals surface area (Å²) in [7, 11) is 2.19. The van der Waals surface area contributed by atoms with Gasteiger partial charge < -0.3 is 29.7 Å². The van der Waals surface area contributed by atoms with E-state index in [9.17, 15) is 4.79 Å². The number of nitrogens with one attached hydrogen (secondary N) is 1. The van der Waals surface area contributed by atoms with Gasteiger partial charge in [-0.25, -0.2) is 0 Å². The molecule has 0 atom stereocenters. The van der Waals surface area contributed by atoms with Crippen molar-refractivity contribution in [2.24, 2.45) is 0 Å². The molecule has 5 rings (SSSR count). The summed E-state index contributed by atoms with van der Waals surface area (Å²) in [5.41, 5.74) is 1.16. The fraction of sp³-hybridized carbons (Fsp3) is 0.667. The highest BCUT2D eigenvalue weighted by atomic mass is 32.1. The Morgan fingerprint density at radius 3 is 2.29 bits per heavy atom. The minimum Gasteiger partial charge on any atom is -0.494 e. The van der Waals surface area contributed by atoms with Gasteiger partial charge in [0.15, 0.2) is 0 Å². The number of nitrogens with zero attached hydrogens (tertiary/aromatic N) is 4. The fourth-order valence-corrected chi connectivity index (χ4v) is 7.37. The number of hydrogen-bond acceptors (Lipinski definition) is 7. The number of rotatable bonds is 13. The normalized spacial score (nSPS) is 20.3. The Labute approximate surface area is 251 Å². The van der Waals surface area contributed by atoms with Crippen LogP contribution in [0.4, 0.5) is 5.00 Å². The van der Waals surface area contributed by atoms with E-state index in [0.717, 1.165) is 92.4 Å². The molecule has 3 saturated heterocycles. The number of ether oxygens (including phenoxy) is 1. The van der Waals surface area contributed by atoms with E-state index in [0.29, 0.717) is 6.42 Å². The van der Waals surface area contributed by atoms with Crippen LogP contribution in [0.25, 0.3) is 10.4 Å². The van der Waals surface area contributed by atoms with Gasteiger partial charge >= 0.3 is 0 Å². The molecule has 0 saturated carbocycles. The van der Waals surface area contributed by atoms with Crippen molar-refractivity contribution in [3.8, 4) is 16.2 Å². The van der Waals surface area contributed by atoms with Crippen molar-refractivity contribution in [2.75, 3.05) is 84.4 Å². The fourth-order valence-electron chi connectivity index (χ4n) is 6.44. The van der Waals surface area contributed by atoms with E-state index < -0.39 is 0 Å². The minimum absolute atomic E-state index is 0.127. The van der Waals surface area contributed by atoms with Gasteiger partial charge in [0.1, 0.15) is 5.75 Å². The highest BCUT2D eigenvalue weighted by molar-refractivity contribution is 7.19. The number of thiophene rings is 1. The minimum atomic E-state index is 0.127. The lowest BCUT2D eigenvalue weighted by Gasteiger charge is -2.40. The molecule has 3 aliphatic heterocycles. The zero-order chi connectivity index (χ0) is 28.3. The number of unbranched alkanes of at least 4 members (excludes halogenated alkanes) is 1. The molecule has 0 unspecified atom stereocenters. The molecule has 226 valence electrons. The predicted molar refractivity (Wildman–Crippen MR) is 171 cm³/mol. The van der Waals surface area contributed by atoms with Crippen molar-refractivity contribution >= 4 is 22.2 Å². The average molecular weight is 582 g/mol. The van der Waals surface area contributed by atoms with Crippen molar-refractivity contribution in [3.05, 3.63) is 36.4 Å². The van der Waals surface area contributed by atoms with Gasteiger partial charge in [-0.3, -0.25) is 4.79 Å². The van der Waals surface area contributed by atoms with Gasteiger partial charge in [-0.05, 0) is 127 Å². The van der Waals surface area contributed by atoms with Gasteiger partial charge in [0.2, 0.25) is 5.91 Å². The lowest BCUT2D eigenvalue weighted by atomic mass is 9.99. The van der Waals surface area contributed by atoms with Gasteiger partial charge in [-0.15, -0.1) is 11.3 Å². The van der Waals surface area contributed by atoms with Crippen LogP contribution in [-0.4, -0.2) is 111 Å². The van der Waals surface area contributed by atoms with Crippen LogP contribution >= 0.6 is 11.3 Å². The average Bonchev–Trinajstić information content (AvgIpc) is 3.48. The van der Waals surface area contributed by atoms with E-state index in [4.69, 9.17) is 4.74 Å². The molecule has 3 fully saturated rings. The molecule has 7 nitrogen and oxygen atoms in total. The number of benzene rings is 1.